The van der Waals surface area contributed by atoms with Gasteiger partial charge in [-0.2, -0.15) is 0 Å². The molecule has 0 aromatic heterocycles. The molecule has 4 saturated heterocycles. The molecule has 8 aliphatic rings. The van der Waals surface area contributed by atoms with Crippen LogP contribution in [0.3, 0.4) is 0 Å². The Morgan fingerprint density at radius 3 is 2.32 bits per heavy atom. The maximum absolute atomic E-state index is 11.1. The summed E-state index contributed by atoms with van der Waals surface area (Å²) < 4.78 is 23.7. The second-order valence-corrected chi connectivity index (χ2v) is 18.4. The van der Waals surface area contributed by atoms with Crippen LogP contribution in [0.2, 0.25) is 0 Å². The molecule has 4 aliphatic carbocycles. The maximum Gasteiger partial charge on any atom is 0.187 e. The van der Waals surface area contributed by atoms with Gasteiger partial charge in [-0.1, -0.05) is 39.3 Å². The van der Waals surface area contributed by atoms with Gasteiger partial charge in [-0.05, 0) is 111 Å². The van der Waals surface area contributed by atoms with E-state index in [1.165, 1.54) is 51.1 Å². The van der Waals surface area contributed by atoms with Crippen LogP contribution >= 0.6 is 0 Å². The van der Waals surface area contributed by atoms with Crippen LogP contribution in [0, 0.1) is 46.3 Å². The first-order valence-corrected chi connectivity index (χ1v) is 19.8. The monoisotopic (exact) mass is 705 g/mol. The Bertz CT molecular complexity index is 1280. The molecular formula is C39H63NO10. The molecule has 21 atom stereocenters. The van der Waals surface area contributed by atoms with Gasteiger partial charge in [-0.25, -0.2) is 0 Å². The smallest absolute Gasteiger partial charge is 0.187 e. The number of aliphatic hydroxyl groups excluding tert-OH is 6. The zero-order valence-corrected chi connectivity index (χ0v) is 30.6. The predicted molar refractivity (Wildman–Crippen MR) is 182 cm³/mol. The Balaban J connectivity index is 0.926. The van der Waals surface area contributed by atoms with Crippen LogP contribution in [-0.4, -0.2) is 128 Å². The molecule has 0 radical (unpaired) electrons. The van der Waals surface area contributed by atoms with E-state index in [0.29, 0.717) is 11.3 Å². The Labute approximate surface area is 297 Å². The minimum atomic E-state index is -1.60. The molecule has 11 nitrogen and oxygen atoms in total. The lowest BCUT2D eigenvalue weighted by Gasteiger charge is -2.58. The number of allylic oxidation sites excluding steroid dienone is 1. The van der Waals surface area contributed by atoms with Gasteiger partial charge in [-0.15, -0.1) is 0 Å². The number of rotatable bonds is 5. The summed E-state index contributed by atoms with van der Waals surface area (Å²) >= 11 is 0. The SMILES string of the molecule is CC1CCC2C(C)C3C(CC4C5CC=C6CC(OC7OC(CO)C(OC8OC(C)C(O)C(O)C8O)C(O)C7O)CCC6(C)C5CCC43C)N2C1. The van der Waals surface area contributed by atoms with Crippen LogP contribution in [0.1, 0.15) is 92.4 Å². The Morgan fingerprint density at radius 2 is 1.56 bits per heavy atom. The van der Waals surface area contributed by atoms with Crippen molar-refractivity contribution in [1.29, 1.82) is 0 Å². The van der Waals surface area contributed by atoms with Gasteiger partial charge in [0, 0.05) is 18.6 Å². The van der Waals surface area contributed by atoms with Crippen LogP contribution in [0.4, 0.5) is 0 Å². The minimum Gasteiger partial charge on any atom is -0.394 e. The Morgan fingerprint density at radius 1 is 0.820 bits per heavy atom. The summed E-state index contributed by atoms with van der Waals surface area (Å²) in [4.78, 5) is 2.97. The van der Waals surface area contributed by atoms with Crippen LogP contribution in [0.25, 0.3) is 0 Å². The van der Waals surface area contributed by atoms with E-state index in [9.17, 15) is 30.6 Å². The lowest BCUT2D eigenvalue weighted by atomic mass is 9.47. The zero-order chi connectivity index (χ0) is 35.4. The molecule has 0 aromatic rings. The summed E-state index contributed by atoms with van der Waals surface area (Å²) in [7, 11) is 0. The minimum absolute atomic E-state index is 0.129. The van der Waals surface area contributed by atoms with Gasteiger partial charge < -0.3 is 49.6 Å². The van der Waals surface area contributed by atoms with Crippen molar-refractivity contribution in [2.24, 2.45) is 46.3 Å². The third-order valence-corrected chi connectivity index (χ3v) is 15.9. The topological polar surface area (TPSA) is 162 Å². The molecule has 4 heterocycles. The predicted octanol–water partition coefficient (Wildman–Crippen LogP) is 2.33. The molecule has 0 amide bonds. The molecule has 8 rings (SSSR count). The van der Waals surface area contributed by atoms with Crippen molar-refractivity contribution in [3.63, 3.8) is 0 Å². The number of hydrogen-bond donors (Lipinski definition) is 6. The lowest BCUT2D eigenvalue weighted by Crippen LogP contribution is -2.64. The highest BCUT2D eigenvalue weighted by atomic mass is 16.7. The Hall–Kier alpha value is -0.700. The Kier molecular flexibility index (Phi) is 9.62. The fourth-order valence-corrected chi connectivity index (χ4v) is 13.3. The molecule has 21 unspecified atom stereocenters. The van der Waals surface area contributed by atoms with Crippen molar-refractivity contribution in [1.82, 2.24) is 4.90 Å². The van der Waals surface area contributed by atoms with Gasteiger partial charge >= 0.3 is 0 Å². The van der Waals surface area contributed by atoms with E-state index in [4.69, 9.17) is 18.9 Å². The second-order valence-electron chi connectivity index (χ2n) is 18.4. The van der Waals surface area contributed by atoms with Gasteiger partial charge in [-0.3, -0.25) is 4.90 Å². The maximum atomic E-state index is 11.1. The fraction of sp³-hybridized carbons (Fsp3) is 0.949. The van der Waals surface area contributed by atoms with Crippen LogP contribution in [-0.2, 0) is 18.9 Å². The molecule has 4 aliphatic heterocycles. The van der Waals surface area contributed by atoms with E-state index in [1.807, 2.05) is 0 Å². The van der Waals surface area contributed by atoms with Crippen molar-refractivity contribution in [2.45, 2.75) is 172 Å². The van der Waals surface area contributed by atoms with Gasteiger partial charge in [0.05, 0.1) is 18.8 Å². The summed E-state index contributed by atoms with van der Waals surface area (Å²) in [6, 6.07) is 1.54. The van der Waals surface area contributed by atoms with E-state index in [1.54, 1.807) is 0 Å². The van der Waals surface area contributed by atoms with E-state index in [-0.39, 0.29) is 11.5 Å². The molecule has 50 heavy (non-hydrogen) atoms. The summed E-state index contributed by atoms with van der Waals surface area (Å²) in [5.74, 6) is 4.58. The first kappa shape index (κ1) is 36.3. The molecule has 0 bridgehead atoms. The van der Waals surface area contributed by atoms with Crippen molar-refractivity contribution < 1.29 is 49.6 Å². The molecule has 284 valence electrons. The van der Waals surface area contributed by atoms with E-state index < -0.39 is 68.0 Å². The number of piperidine rings is 1. The van der Waals surface area contributed by atoms with Gasteiger partial charge in [0.25, 0.3) is 0 Å². The van der Waals surface area contributed by atoms with Gasteiger partial charge in [0.2, 0.25) is 0 Å². The van der Waals surface area contributed by atoms with Crippen molar-refractivity contribution in [3.05, 3.63) is 11.6 Å². The number of aliphatic hydroxyl groups is 6. The standard InChI is InChI=1S/C39H63NO10/c1-18-6-9-26-19(2)29-27(40(26)16-18)15-25-23-8-7-21-14-22(10-12-38(21,4)24(23)11-13-39(25,29)5)48-37-34(46)32(44)35(28(17-41)49-37)50-36-33(45)31(43)30(42)20(3)47-36/h7,18-20,22-37,41-46H,6,8-17H2,1-5H3. The molecule has 3 saturated carbocycles. The third kappa shape index (κ3) is 5.54. The van der Waals surface area contributed by atoms with Crippen LogP contribution < -0.4 is 0 Å². The highest BCUT2D eigenvalue weighted by molar-refractivity contribution is 5.27. The van der Waals surface area contributed by atoms with E-state index in [0.717, 1.165) is 67.4 Å². The molecular weight excluding hydrogens is 642 g/mol. The largest absolute Gasteiger partial charge is 0.394 e. The van der Waals surface area contributed by atoms with Gasteiger partial charge in [0.1, 0.15) is 42.7 Å². The number of hydrogen-bond acceptors (Lipinski definition) is 11. The van der Waals surface area contributed by atoms with E-state index in [2.05, 4.69) is 38.7 Å². The average Bonchev–Trinajstić information content (AvgIpc) is 3.56. The van der Waals surface area contributed by atoms with Crippen molar-refractivity contribution in [3.8, 4) is 0 Å². The summed E-state index contributed by atoms with van der Waals surface area (Å²) in [6.45, 7) is 12.5. The summed E-state index contributed by atoms with van der Waals surface area (Å²) in [6.07, 6.45) is -0.408. The first-order chi connectivity index (χ1) is 23.8. The fourth-order valence-electron chi connectivity index (χ4n) is 13.3. The lowest BCUT2D eigenvalue weighted by molar-refractivity contribution is -0.360. The quantitative estimate of drug-likeness (QED) is 0.233. The van der Waals surface area contributed by atoms with Gasteiger partial charge in [0.15, 0.2) is 12.6 Å². The highest BCUT2D eigenvalue weighted by Crippen LogP contribution is 2.70. The number of ether oxygens (including phenoxy) is 4. The summed E-state index contributed by atoms with van der Waals surface area (Å²) in [5, 5.41) is 63.1. The number of fused-ring (bicyclic) bond motifs is 9. The average molecular weight is 706 g/mol. The molecule has 7 fully saturated rings. The molecule has 6 N–H and O–H groups in total. The zero-order valence-electron chi connectivity index (χ0n) is 30.6. The summed E-state index contributed by atoms with van der Waals surface area (Å²) in [5.41, 5.74) is 2.01. The third-order valence-electron chi connectivity index (χ3n) is 15.9. The van der Waals surface area contributed by atoms with E-state index >= 15 is 0 Å². The normalized spacial score (nSPS) is 58.0. The van der Waals surface area contributed by atoms with Crippen LogP contribution in [0.5, 0.6) is 0 Å². The molecule has 11 heteroatoms. The number of nitrogens with zero attached hydrogens (tertiary/aromatic N) is 1. The molecule has 0 aromatic carbocycles. The molecule has 0 spiro atoms. The van der Waals surface area contributed by atoms with Crippen LogP contribution in [0.15, 0.2) is 11.6 Å². The van der Waals surface area contributed by atoms with Crippen molar-refractivity contribution >= 4 is 0 Å². The highest BCUT2D eigenvalue weighted by Gasteiger charge is 2.66. The second kappa shape index (κ2) is 13.3. The first-order valence-electron chi connectivity index (χ1n) is 19.8. The van der Waals surface area contributed by atoms with Crippen molar-refractivity contribution in [2.75, 3.05) is 13.2 Å².